The predicted octanol–water partition coefficient (Wildman–Crippen LogP) is 4.30. The highest BCUT2D eigenvalue weighted by atomic mass is 16.6. The molecule has 1 aromatic heterocycles. The lowest BCUT2D eigenvalue weighted by Crippen LogP contribution is -2.42. The molecule has 150 valence electrons. The van der Waals surface area contributed by atoms with Gasteiger partial charge in [-0.05, 0) is 65.7 Å². The van der Waals surface area contributed by atoms with Crippen LogP contribution in [0, 0.1) is 11.3 Å². The summed E-state index contributed by atoms with van der Waals surface area (Å²) in [4.78, 5) is 18.9. The van der Waals surface area contributed by atoms with Gasteiger partial charge in [0, 0.05) is 25.2 Å². The first-order valence-corrected chi connectivity index (χ1v) is 9.84. The van der Waals surface area contributed by atoms with Crippen molar-refractivity contribution < 1.29 is 9.53 Å². The van der Waals surface area contributed by atoms with Crippen LogP contribution in [0.2, 0.25) is 0 Å². The standard InChI is InChI=1S/C21H29N5O2/c1-14(2)23-19-24-17-7-6-15(13-22)12-18(17)26(19)16-8-10-25(11-9-16)20(27)28-21(3,4)5/h6-7,12,14,16H,8-11H2,1-5H3,(H,23,24). The number of nitriles is 1. The summed E-state index contributed by atoms with van der Waals surface area (Å²) in [5.41, 5.74) is 1.96. The molecule has 1 aliphatic rings. The van der Waals surface area contributed by atoms with Crippen LogP contribution in [0.4, 0.5) is 10.7 Å². The number of hydrogen-bond donors (Lipinski definition) is 1. The Morgan fingerprint density at radius 2 is 2.00 bits per heavy atom. The first-order valence-electron chi connectivity index (χ1n) is 9.84. The van der Waals surface area contributed by atoms with Crippen LogP contribution in [0.25, 0.3) is 11.0 Å². The van der Waals surface area contributed by atoms with E-state index in [2.05, 4.69) is 29.8 Å². The van der Waals surface area contributed by atoms with Crippen molar-refractivity contribution in [3.8, 4) is 6.07 Å². The second kappa shape index (κ2) is 7.70. The molecule has 1 saturated heterocycles. The number of hydrogen-bond acceptors (Lipinski definition) is 5. The molecular formula is C21H29N5O2. The minimum Gasteiger partial charge on any atom is -0.444 e. The van der Waals surface area contributed by atoms with Crippen LogP contribution in [-0.2, 0) is 4.74 Å². The Morgan fingerprint density at radius 3 is 2.57 bits per heavy atom. The number of carbonyl (C=O) groups is 1. The second-order valence-electron chi connectivity index (χ2n) is 8.62. The average Bonchev–Trinajstić information content (AvgIpc) is 2.96. The fraction of sp³-hybridized carbons (Fsp3) is 0.571. The van der Waals surface area contributed by atoms with E-state index in [0.717, 1.165) is 29.8 Å². The molecule has 1 amide bonds. The highest BCUT2D eigenvalue weighted by Crippen LogP contribution is 2.32. The first-order chi connectivity index (χ1) is 13.2. The minimum absolute atomic E-state index is 0.207. The number of benzene rings is 1. The number of aromatic nitrogens is 2. The first kappa shape index (κ1) is 20.0. The van der Waals surface area contributed by atoms with Crippen LogP contribution < -0.4 is 5.32 Å². The summed E-state index contributed by atoms with van der Waals surface area (Å²) in [7, 11) is 0. The molecule has 0 aliphatic carbocycles. The van der Waals surface area contributed by atoms with E-state index >= 15 is 0 Å². The number of amides is 1. The highest BCUT2D eigenvalue weighted by Gasteiger charge is 2.29. The van der Waals surface area contributed by atoms with Gasteiger partial charge in [-0.3, -0.25) is 0 Å². The van der Waals surface area contributed by atoms with Gasteiger partial charge in [0.25, 0.3) is 0 Å². The summed E-state index contributed by atoms with van der Waals surface area (Å²) in [5.74, 6) is 0.816. The molecule has 2 aromatic rings. The largest absolute Gasteiger partial charge is 0.444 e. The zero-order valence-electron chi connectivity index (χ0n) is 17.3. The van der Waals surface area contributed by atoms with Gasteiger partial charge in [0.2, 0.25) is 5.95 Å². The molecule has 0 bridgehead atoms. The quantitative estimate of drug-likeness (QED) is 0.854. The molecular weight excluding hydrogens is 354 g/mol. The maximum Gasteiger partial charge on any atom is 0.410 e. The molecule has 28 heavy (non-hydrogen) atoms. The number of rotatable bonds is 3. The number of nitrogens with one attached hydrogen (secondary N) is 1. The van der Waals surface area contributed by atoms with Crippen LogP contribution in [-0.4, -0.2) is 45.3 Å². The van der Waals surface area contributed by atoms with E-state index in [1.54, 1.807) is 11.0 Å². The van der Waals surface area contributed by atoms with Crippen LogP contribution in [0.15, 0.2) is 18.2 Å². The summed E-state index contributed by atoms with van der Waals surface area (Å²) < 4.78 is 7.70. The number of nitrogens with zero attached hydrogens (tertiary/aromatic N) is 4. The fourth-order valence-corrected chi connectivity index (χ4v) is 3.53. The molecule has 1 fully saturated rings. The van der Waals surface area contributed by atoms with E-state index in [4.69, 9.17) is 9.72 Å². The third-order valence-corrected chi connectivity index (χ3v) is 4.72. The second-order valence-corrected chi connectivity index (χ2v) is 8.62. The normalized spacial score (nSPS) is 15.7. The van der Waals surface area contributed by atoms with E-state index in [1.807, 2.05) is 32.9 Å². The predicted molar refractivity (Wildman–Crippen MR) is 109 cm³/mol. The van der Waals surface area contributed by atoms with Gasteiger partial charge < -0.3 is 19.5 Å². The number of anilines is 1. The number of likely N-dealkylation sites (tertiary alicyclic amines) is 1. The maximum atomic E-state index is 12.4. The highest BCUT2D eigenvalue weighted by molar-refractivity contribution is 5.80. The Morgan fingerprint density at radius 1 is 1.32 bits per heavy atom. The SMILES string of the molecule is CC(C)Nc1nc2ccc(C#N)cc2n1C1CCN(C(=O)OC(C)(C)C)CC1. The van der Waals surface area contributed by atoms with Gasteiger partial charge in [-0.2, -0.15) is 5.26 Å². The van der Waals surface area contributed by atoms with Gasteiger partial charge in [0.1, 0.15) is 5.60 Å². The summed E-state index contributed by atoms with van der Waals surface area (Å²) in [5, 5.41) is 12.7. The smallest absolute Gasteiger partial charge is 0.410 e. The van der Waals surface area contributed by atoms with Crippen molar-refractivity contribution in [3.63, 3.8) is 0 Å². The molecule has 2 heterocycles. The topological polar surface area (TPSA) is 83.2 Å². The molecule has 1 N–H and O–H groups in total. The number of piperidine rings is 1. The lowest BCUT2D eigenvalue weighted by Gasteiger charge is -2.34. The van der Waals surface area contributed by atoms with Crippen molar-refractivity contribution in [2.24, 2.45) is 0 Å². The zero-order valence-corrected chi connectivity index (χ0v) is 17.3. The van der Waals surface area contributed by atoms with E-state index in [9.17, 15) is 10.1 Å². The Hall–Kier alpha value is -2.75. The molecule has 3 rings (SSSR count). The van der Waals surface area contributed by atoms with Gasteiger partial charge in [-0.25, -0.2) is 9.78 Å². The molecule has 7 nitrogen and oxygen atoms in total. The van der Waals surface area contributed by atoms with Crippen molar-refractivity contribution in [3.05, 3.63) is 23.8 Å². The van der Waals surface area contributed by atoms with Gasteiger partial charge in [0.15, 0.2) is 0 Å². The van der Waals surface area contributed by atoms with Crippen molar-refractivity contribution in [2.45, 2.75) is 65.1 Å². The monoisotopic (exact) mass is 383 g/mol. The molecule has 7 heteroatoms. The molecule has 0 radical (unpaired) electrons. The summed E-state index contributed by atoms with van der Waals surface area (Å²) >= 11 is 0. The zero-order chi connectivity index (χ0) is 20.5. The van der Waals surface area contributed by atoms with Gasteiger partial charge in [-0.1, -0.05) is 0 Å². The van der Waals surface area contributed by atoms with Crippen molar-refractivity contribution in [1.29, 1.82) is 5.26 Å². The van der Waals surface area contributed by atoms with Crippen LogP contribution in [0.1, 0.15) is 59.1 Å². The van der Waals surface area contributed by atoms with Gasteiger partial charge in [0.05, 0.1) is 22.7 Å². The third-order valence-electron chi connectivity index (χ3n) is 4.72. The van der Waals surface area contributed by atoms with Crippen LogP contribution in [0.5, 0.6) is 0 Å². The molecule has 1 aromatic carbocycles. The Kier molecular flexibility index (Phi) is 5.50. The molecule has 1 aliphatic heterocycles. The average molecular weight is 383 g/mol. The van der Waals surface area contributed by atoms with Crippen molar-refractivity contribution >= 4 is 23.1 Å². The van der Waals surface area contributed by atoms with E-state index in [-0.39, 0.29) is 18.2 Å². The van der Waals surface area contributed by atoms with E-state index in [1.165, 1.54) is 0 Å². The lowest BCUT2D eigenvalue weighted by atomic mass is 10.0. The maximum absolute atomic E-state index is 12.4. The number of ether oxygens (including phenoxy) is 1. The van der Waals surface area contributed by atoms with E-state index < -0.39 is 5.60 Å². The van der Waals surface area contributed by atoms with Crippen LogP contribution >= 0.6 is 0 Å². The van der Waals surface area contributed by atoms with Gasteiger partial charge >= 0.3 is 6.09 Å². The molecule has 0 atom stereocenters. The Bertz CT molecular complexity index is 896. The molecule has 0 unspecified atom stereocenters. The summed E-state index contributed by atoms with van der Waals surface area (Å²) in [6.07, 6.45) is 1.37. The van der Waals surface area contributed by atoms with Gasteiger partial charge in [-0.15, -0.1) is 0 Å². The van der Waals surface area contributed by atoms with Crippen molar-refractivity contribution in [1.82, 2.24) is 14.5 Å². The number of imidazole rings is 1. The fourth-order valence-electron chi connectivity index (χ4n) is 3.53. The Balaban J connectivity index is 1.85. The number of fused-ring (bicyclic) bond motifs is 1. The summed E-state index contributed by atoms with van der Waals surface area (Å²) in [6, 6.07) is 8.25. The molecule has 0 saturated carbocycles. The van der Waals surface area contributed by atoms with E-state index in [0.29, 0.717) is 18.7 Å². The van der Waals surface area contributed by atoms with Crippen molar-refractivity contribution in [2.75, 3.05) is 18.4 Å². The Labute approximate surface area is 166 Å². The summed E-state index contributed by atoms with van der Waals surface area (Å²) in [6.45, 7) is 11.1. The third kappa shape index (κ3) is 4.38. The lowest BCUT2D eigenvalue weighted by molar-refractivity contribution is 0.0190. The minimum atomic E-state index is -0.490. The van der Waals surface area contributed by atoms with Crippen LogP contribution in [0.3, 0.4) is 0 Å². The number of carbonyl (C=O) groups excluding carboxylic acids is 1. The molecule has 0 spiro atoms.